The summed E-state index contributed by atoms with van der Waals surface area (Å²) in [6, 6.07) is 6.11. The van der Waals surface area contributed by atoms with Gasteiger partial charge in [-0.2, -0.15) is 0 Å². The summed E-state index contributed by atoms with van der Waals surface area (Å²) in [5.74, 6) is 0.0464. The maximum atomic E-state index is 13.7. The number of amides is 1. The monoisotopic (exact) mass is 427 g/mol. The summed E-state index contributed by atoms with van der Waals surface area (Å²) in [6.45, 7) is 2.29. The average molecular weight is 428 g/mol. The molecule has 1 N–H and O–H groups in total. The highest BCUT2D eigenvalue weighted by molar-refractivity contribution is 7.99. The van der Waals surface area contributed by atoms with Crippen molar-refractivity contribution in [1.82, 2.24) is 19.6 Å². The van der Waals surface area contributed by atoms with Gasteiger partial charge in [-0.1, -0.05) is 30.8 Å². The Bertz CT molecular complexity index is 1230. The van der Waals surface area contributed by atoms with E-state index in [0.29, 0.717) is 11.1 Å². The van der Waals surface area contributed by atoms with Gasteiger partial charge in [0.25, 0.3) is 0 Å². The number of halogens is 1. The standard InChI is InChI=1S/C20H18FN5OS2/c1-11-6-7-12-15(8-11)29-19-17(12)18-24-25-20(26(18)10-22-19)28-9-16(27)23-14-5-3-2-4-13(14)21/h2-5,10-11H,6-9H2,1H3,(H,23,27)/t11-/m0/s1. The van der Waals surface area contributed by atoms with Gasteiger partial charge in [0.1, 0.15) is 17.0 Å². The Balaban J connectivity index is 1.39. The first kappa shape index (κ1) is 18.5. The van der Waals surface area contributed by atoms with Crippen molar-refractivity contribution < 1.29 is 9.18 Å². The molecule has 0 bridgehead atoms. The number of hydrogen-bond acceptors (Lipinski definition) is 6. The van der Waals surface area contributed by atoms with Crippen LogP contribution in [0.25, 0.3) is 15.9 Å². The summed E-state index contributed by atoms with van der Waals surface area (Å²) in [5.41, 5.74) is 2.31. The van der Waals surface area contributed by atoms with Gasteiger partial charge in [-0.05, 0) is 42.9 Å². The lowest BCUT2D eigenvalue weighted by molar-refractivity contribution is -0.113. The molecule has 9 heteroatoms. The van der Waals surface area contributed by atoms with Gasteiger partial charge in [0.05, 0.1) is 16.8 Å². The second kappa shape index (κ2) is 7.38. The molecule has 6 nitrogen and oxygen atoms in total. The zero-order chi connectivity index (χ0) is 20.0. The van der Waals surface area contributed by atoms with Crippen molar-refractivity contribution in [3.05, 3.63) is 46.9 Å². The molecule has 0 saturated carbocycles. The van der Waals surface area contributed by atoms with Gasteiger partial charge in [-0.25, -0.2) is 9.37 Å². The van der Waals surface area contributed by atoms with E-state index in [-0.39, 0.29) is 17.3 Å². The largest absolute Gasteiger partial charge is 0.323 e. The van der Waals surface area contributed by atoms with Crippen LogP contribution in [-0.4, -0.2) is 31.2 Å². The van der Waals surface area contributed by atoms with Crippen molar-refractivity contribution in [2.75, 3.05) is 11.1 Å². The molecule has 0 spiro atoms. The molecule has 0 aliphatic heterocycles. The first-order valence-electron chi connectivity index (χ1n) is 9.41. The fraction of sp³-hybridized carbons (Fsp3) is 0.300. The zero-order valence-corrected chi connectivity index (χ0v) is 17.3. The van der Waals surface area contributed by atoms with E-state index in [0.717, 1.165) is 28.7 Å². The van der Waals surface area contributed by atoms with E-state index in [1.54, 1.807) is 29.8 Å². The van der Waals surface area contributed by atoms with Gasteiger partial charge in [-0.15, -0.1) is 21.5 Å². The van der Waals surface area contributed by atoms with Gasteiger partial charge in [0.15, 0.2) is 10.8 Å². The van der Waals surface area contributed by atoms with E-state index in [1.165, 1.54) is 40.8 Å². The number of nitrogens with one attached hydrogen (secondary N) is 1. The Morgan fingerprint density at radius 1 is 1.38 bits per heavy atom. The minimum atomic E-state index is -0.457. The number of aryl methyl sites for hydroxylation is 1. The SMILES string of the molecule is C[C@H]1CCc2c(sc3ncn4c(SCC(=O)Nc5ccccc5F)nnc4c23)C1. The minimum absolute atomic E-state index is 0.104. The topological polar surface area (TPSA) is 72.2 Å². The molecule has 3 heterocycles. The molecule has 0 saturated heterocycles. The lowest BCUT2D eigenvalue weighted by Gasteiger charge is -2.17. The lowest BCUT2D eigenvalue weighted by Crippen LogP contribution is -2.15. The molecule has 29 heavy (non-hydrogen) atoms. The second-order valence-corrected chi connectivity index (χ2v) is 9.30. The molecule has 1 atom stereocenters. The average Bonchev–Trinajstić information content (AvgIpc) is 3.28. The van der Waals surface area contributed by atoms with Crippen molar-refractivity contribution in [2.24, 2.45) is 5.92 Å². The molecule has 1 amide bonds. The zero-order valence-electron chi connectivity index (χ0n) is 15.7. The Labute approximate surface area is 174 Å². The van der Waals surface area contributed by atoms with Crippen LogP contribution in [-0.2, 0) is 17.6 Å². The first-order valence-corrected chi connectivity index (χ1v) is 11.2. The summed E-state index contributed by atoms with van der Waals surface area (Å²) in [5, 5.41) is 12.9. The van der Waals surface area contributed by atoms with Crippen LogP contribution in [0.2, 0.25) is 0 Å². The summed E-state index contributed by atoms with van der Waals surface area (Å²) >= 11 is 3.01. The normalized spacial score (nSPS) is 16.3. The highest BCUT2D eigenvalue weighted by atomic mass is 32.2. The van der Waals surface area contributed by atoms with Gasteiger partial charge in [0, 0.05) is 4.88 Å². The molecule has 0 fully saturated rings. The highest BCUT2D eigenvalue weighted by Crippen LogP contribution is 2.39. The fourth-order valence-corrected chi connectivity index (χ4v) is 5.75. The lowest BCUT2D eigenvalue weighted by atomic mass is 9.89. The third-order valence-electron chi connectivity index (χ3n) is 5.15. The van der Waals surface area contributed by atoms with E-state index < -0.39 is 5.82 Å². The van der Waals surface area contributed by atoms with Crippen LogP contribution in [0.1, 0.15) is 23.8 Å². The Hall–Kier alpha value is -2.52. The first-order chi connectivity index (χ1) is 14.1. The van der Waals surface area contributed by atoms with E-state index in [1.807, 2.05) is 4.40 Å². The predicted octanol–water partition coefficient (Wildman–Crippen LogP) is 4.33. The van der Waals surface area contributed by atoms with Crippen molar-refractivity contribution in [1.29, 1.82) is 0 Å². The fourth-order valence-electron chi connectivity index (χ4n) is 3.70. The van der Waals surface area contributed by atoms with Gasteiger partial charge in [0.2, 0.25) is 5.91 Å². The molecule has 0 unspecified atom stereocenters. The number of anilines is 1. The van der Waals surface area contributed by atoms with E-state index in [2.05, 4.69) is 27.4 Å². The predicted molar refractivity (Wildman–Crippen MR) is 113 cm³/mol. The Morgan fingerprint density at radius 3 is 3.10 bits per heavy atom. The molecular weight excluding hydrogens is 409 g/mol. The summed E-state index contributed by atoms with van der Waals surface area (Å²) in [6.07, 6.45) is 5.03. The minimum Gasteiger partial charge on any atom is -0.323 e. The second-order valence-electron chi connectivity index (χ2n) is 7.27. The molecule has 3 aromatic heterocycles. The van der Waals surface area contributed by atoms with Crippen LogP contribution >= 0.6 is 23.1 Å². The summed E-state index contributed by atoms with van der Waals surface area (Å²) in [7, 11) is 0. The van der Waals surface area contributed by atoms with Crippen molar-refractivity contribution in [3.63, 3.8) is 0 Å². The van der Waals surface area contributed by atoms with Crippen LogP contribution in [0.5, 0.6) is 0 Å². The number of nitrogens with zero attached hydrogens (tertiary/aromatic N) is 4. The molecule has 1 aliphatic carbocycles. The number of hydrogen-bond donors (Lipinski definition) is 1. The maximum absolute atomic E-state index is 13.7. The Kier molecular flexibility index (Phi) is 4.71. The molecule has 148 valence electrons. The van der Waals surface area contributed by atoms with Crippen LogP contribution in [0, 0.1) is 11.7 Å². The molecule has 5 rings (SSSR count). The molecule has 1 aromatic carbocycles. The summed E-state index contributed by atoms with van der Waals surface area (Å²) < 4.78 is 15.5. The number of rotatable bonds is 4. The summed E-state index contributed by atoms with van der Waals surface area (Å²) in [4.78, 5) is 19.2. The number of para-hydroxylation sites is 1. The van der Waals surface area contributed by atoms with Gasteiger partial charge in [-0.3, -0.25) is 9.20 Å². The Morgan fingerprint density at radius 2 is 2.24 bits per heavy atom. The van der Waals surface area contributed by atoms with Crippen molar-refractivity contribution >= 4 is 50.6 Å². The third-order valence-corrected chi connectivity index (χ3v) is 7.26. The van der Waals surface area contributed by atoms with Crippen molar-refractivity contribution in [2.45, 2.75) is 31.3 Å². The molecule has 4 aromatic rings. The van der Waals surface area contributed by atoms with Crippen LogP contribution in [0.4, 0.5) is 10.1 Å². The number of carbonyl (C=O) groups excluding carboxylic acids is 1. The smallest absolute Gasteiger partial charge is 0.234 e. The van der Waals surface area contributed by atoms with E-state index in [9.17, 15) is 9.18 Å². The van der Waals surface area contributed by atoms with Crippen LogP contribution < -0.4 is 5.32 Å². The quantitative estimate of drug-likeness (QED) is 0.491. The van der Waals surface area contributed by atoms with E-state index in [4.69, 9.17) is 0 Å². The van der Waals surface area contributed by atoms with Gasteiger partial charge < -0.3 is 5.32 Å². The number of carbonyl (C=O) groups is 1. The van der Waals surface area contributed by atoms with Crippen LogP contribution in [0.15, 0.2) is 35.7 Å². The number of thioether (sulfide) groups is 1. The number of aromatic nitrogens is 4. The van der Waals surface area contributed by atoms with Crippen LogP contribution in [0.3, 0.4) is 0 Å². The third kappa shape index (κ3) is 3.38. The van der Waals surface area contributed by atoms with Gasteiger partial charge >= 0.3 is 0 Å². The van der Waals surface area contributed by atoms with Crippen molar-refractivity contribution in [3.8, 4) is 0 Å². The number of fused-ring (bicyclic) bond motifs is 5. The van der Waals surface area contributed by atoms with E-state index >= 15 is 0 Å². The molecular formula is C20H18FN5OS2. The highest BCUT2D eigenvalue weighted by Gasteiger charge is 2.24. The molecule has 0 radical (unpaired) electrons. The maximum Gasteiger partial charge on any atom is 0.234 e. The number of thiophene rings is 1. The molecule has 1 aliphatic rings. The number of benzene rings is 1.